The number of halogens is 2. The van der Waals surface area contributed by atoms with E-state index in [-0.39, 0.29) is 5.41 Å². The fourth-order valence-electron chi connectivity index (χ4n) is 2.27. The first-order valence-corrected chi connectivity index (χ1v) is 6.96. The Morgan fingerprint density at radius 2 is 1.82 bits per heavy atom. The van der Waals surface area contributed by atoms with Crippen LogP contribution in [0.5, 0.6) is 0 Å². The normalized spacial score (nSPS) is 17.5. The van der Waals surface area contributed by atoms with Crippen LogP contribution in [0.1, 0.15) is 32.3 Å². The molecule has 0 bridgehead atoms. The van der Waals surface area contributed by atoms with E-state index in [1.807, 2.05) is 18.2 Å². The molecule has 0 heterocycles. The second-order valence-corrected chi connectivity index (χ2v) is 6.22. The summed E-state index contributed by atoms with van der Waals surface area (Å²) >= 11 is 12.6. The van der Waals surface area contributed by atoms with Gasteiger partial charge in [0.25, 0.3) is 0 Å². The molecule has 3 heteroatoms. The quantitative estimate of drug-likeness (QED) is 0.844. The van der Waals surface area contributed by atoms with Crippen molar-refractivity contribution in [1.82, 2.24) is 5.32 Å². The average molecular weight is 272 g/mol. The maximum Gasteiger partial charge on any atom is 0.0459 e. The summed E-state index contributed by atoms with van der Waals surface area (Å²) in [5.41, 5.74) is 1.32. The Morgan fingerprint density at radius 1 is 1.24 bits per heavy atom. The molecular weight excluding hydrogens is 253 g/mol. The second kappa shape index (κ2) is 5.17. The molecule has 0 amide bonds. The van der Waals surface area contributed by atoms with E-state index in [2.05, 4.69) is 19.2 Å². The van der Waals surface area contributed by atoms with E-state index in [9.17, 15) is 0 Å². The minimum absolute atomic E-state index is 0.185. The number of hydrogen-bond donors (Lipinski definition) is 1. The van der Waals surface area contributed by atoms with E-state index in [0.29, 0.717) is 5.92 Å². The van der Waals surface area contributed by atoms with E-state index >= 15 is 0 Å². The highest BCUT2D eigenvalue weighted by Crippen LogP contribution is 2.52. The Labute approximate surface area is 114 Å². The van der Waals surface area contributed by atoms with E-state index in [4.69, 9.17) is 23.2 Å². The van der Waals surface area contributed by atoms with Crippen LogP contribution >= 0.6 is 23.2 Å². The lowest BCUT2D eigenvalue weighted by atomic mass is 9.95. The van der Waals surface area contributed by atoms with Gasteiger partial charge >= 0.3 is 0 Å². The number of hydrogen-bond acceptors (Lipinski definition) is 1. The summed E-state index contributed by atoms with van der Waals surface area (Å²) in [6, 6.07) is 5.78. The first-order chi connectivity index (χ1) is 8.05. The predicted octanol–water partition coefficient (Wildman–Crippen LogP) is 4.27. The van der Waals surface area contributed by atoms with Crippen molar-refractivity contribution in [3.63, 3.8) is 0 Å². The van der Waals surface area contributed by atoms with Crippen molar-refractivity contribution < 1.29 is 0 Å². The molecular formula is C14H19Cl2N. The molecule has 1 fully saturated rings. The van der Waals surface area contributed by atoms with Crippen LogP contribution in [0.15, 0.2) is 18.2 Å². The summed E-state index contributed by atoms with van der Waals surface area (Å²) in [5.74, 6) is 0.674. The summed E-state index contributed by atoms with van der Waals surface area (Å²) in [4.78, 5) is 0. The molecule has 94 valence electrons. The molecule has 0 saturated heterocycles. The monoisotopic (exact) mass is 271 g/mol. The van der Waals surface area contributed by atoms with Crippen LogP contribution in [0.3, 0.4) is 0 Å². The minimum atomic E-state index is 0.185. The van der Waals surface area contributed by atoms with Gasteiger partial charge in [-0.1, -0.05) is 43.1 Å². The third-order valence-electron chi connectivity index (χ3n) is 3.36. The number of nitrogens with one attached hydrogen (secondary N) is 1. The average Bonchev–Trinajstić information content (AvgIpc) is 2.98. The molecule has 0 radical (unpaired) electrons. The van der Waals surface area contributed by atoms with Crippen molar-refractivity contribution in [2.75, 3.05) is 13.1 Å². The lowest BCUT2D eigenvalue weighted by Crippen LogP contribution is -2.30. The van der Waals surface area contributed by atoms with Crippen LogP contribution in [-0.2, 0) is 5.41 Å². The number of rotatable bonds is 5. The van der Waals surface area contributed by atoms with Crippen molar-refractivity contribution >= 4 is 23.2 Å². The fraction of sp³-hybridized carbons (Fsp3) is 0.571. The summed E-state index contributed by atoms with van der Waals surface area (Å²) in [5, 5.41) is 5.14. The zero-order chi connectivity index (χ0) is 12.5. The fourth-order valence-corrected chi connectivity index (χ4v) is 3.07. The molecule has 1 aliphatic carbocycles. The lowest BCUT2D eigenvalue weighted by molar-refractivity contribution is 0.509. The van der Waals surface area contributed by atoms with Crippen LogP contribution in [0, 0.1) is 5.92 Å². The van der Waals surface area contributed by atoms with Crippen molar-refractivity contribution in [3.8, 4) is 0 Å². The standard InChI is InChI=1S/C14H19Cl2N/c1-10(2)8-17-9-14(6-7-14)13-11(15)4-3-5-12(13)16/h3-5,10,17H,6-9H2,1-2H3. The maximum atomic E-state index is 6.28. The van der Waals surface area contributed by atoms with Gasteiger partial charge in [0.1, 0.15) is 0 Å². The van der Waals surface area contributed by atoms with Gasteiger partial charge < -0.3 is 5.32 Å². The van der Waals surface area contributed by atoms with Crippen LogP contribution < -0.4 is 5.32 Å². The Balaban J connectivity index is 2.10. The van der Waals surface area contributed by atoms with Gasteiger partial charge in [0, 0.05) is 22.0 Å². The maximum absolute atomic E-state index is 6.28. The molecule has 0 aliphatic heterocycles. The molecule has 0 spiro atoms. The Bertz CT molecular complexity index is 377. The Kier molecular flexibility index (Phi) is 4.02. The van der Waals surface area contributed by atoms with Gasteiger partial charge in [-0.05, 0) is 43.0 Å². The summed E-state index contributed by atoms with van der Waals surface area (Å²) in [6.45, 7) is 6.46. The third-order valence-corrected chi connectivity index (χ3v) is 3.99. The highest BCUT2D eigenvalue weighted by molar-refractivity contribution is 6.36. The molecule has 1 aromatic rings. The topological polar surface area (TPSA) is 12.0 Å². The van der Waals surface area contributed by atoms with E-state index in [0.717, 1.165) is 28.7 Å². The highest BCUT2D eigenvalue weighted by atomic mass is 35.5. The molecule has 0 unspecified atom stereocenters. The van der Waals surface area contributed by atoms with Gasteiger partial charge in [0.15, 0.2) is 0 Å². The van der Waals surface area contributed by atoms with Crippen molar-refractivity contribution in [2.24, 2.45) is 5.92 Å². The van der Waals surface area contributed by atoms with E-state index in [1.54, 1.807) is 0 Å². The van der Waals surface area contributed by atoms with Gasteiger partial charge in [-0.3, -0.25) is 0 Å². The molecule has 1 N–H and O–H groups in total. The summed E-state index contributed by atoms with van der Waals surface area (Å²) < 4.78 is 0. The Morgan fingerprint density at radius 3 is 2.29 bits per heavy atom. The highest BCUT2D eigenvalue weighted by Gasteiger charge is 2.46. The molecule has 1 saturated carbocycles. The SMILES string of the molecule is CC(C)CNCC1(c2c(Cl)cccc2Cl)CC1. The smallest absolute Gasteiger partial charge is 0.0459 e. The molecule has 0 atom stereocenters. The first-order valence-electron chi connectivity index (χ1n) is 6.20. The molecule has 17 heavy (non-hydrogen) atoms. The van der Waals surface area contributed by atoms with Crippen LogP contribution in [0.2, 0.25) is 10.0 Å². The minimum Gasteiger partial charge on any atom is -0.316 e. The Hall–Kier alpha value is -0.240. The molecule has 1 aromatic carbocycles. The van der Waals surface area contributed by atoms with Crippen molar-refractivity contribution in [3.05, 3.63) is 33.8 Å². The van der Waals surface area contributed by atoms with Crippen molar-refractivity contribution in [1.29, 1.82) is 0 Å². The van der Waals surface area contributed by atoms with Gasteiger partial charge in [0.2, 0.25) is 0 Å². The first kappa shape index (κ1) is 13.2. The third kappa shape index (κ3) is 2.96. The zero-order valence-electron chi connectivity index (χ0n) is 10.4. The molecule has 1 aliphatic rings. The van der Waals surface area contributed by atoms with Crippen molar-refractivity contribution in [2.45, 2.75) is 32.1 Å². The van der Waals surface area contributed by atoms with Crippen LogP contribution in [0.4, 0.5) is 0 Å². The molecule has 0 aromatic heterocycles. The van der Waals surface area contributed by atoms with Crippen LogP contribution in [0.25, 0.3) is 0 Å². The number of benzene rings is 1. The van der Waals surface area contributed by atoms with Gasteiger partial charge in [-0.15, -0.1) is 0 Å². The molecule has 1 nitrogen and oxygen atoms in total. The zero-order valence-corrected chi connectivity index (χ0v) is 11.9. The lowest BCUT2D eigenvalue weighted by Gasteiger charge is -2.20. The largest absolute Gasteiger partial charge is 0.316 e. The summed E-state index contributed by atoms with van der Waals surface area (Å²) in [6.07, 6.45) is 2.36. The predicted molar refractivity (Wildman–Crippen MR) is 75.1 cm³/mol. The second-order valence-electron chi connectivity index (χ2n) is 5.40. The van der Waals surface area contributed by atoms with Gasteiger partial charge in [-0.2, -0.15) is 0 Å². The van der Waals surface area contributed by atoms with E-state index in [1.165, 1.54) is 12.8 Å². The van der Waals surface area contributed by atoms with Gasteiger partial charge in [-0.25, -0.2) is 0 Å². The van der Waals surface area contributed by atoms with E-state index < -0.39 is 0 Å². The molecule has 2 rings (SSSR count). The van der Waals surface area contributed by atoms with Crippen LogP contribution in [-0.4, -0.2) is 13.1 Å². The van der Waals surface area contributed by atoms with Gasteiger partial charge in [0.05, 0.1) is 0 Å². The summed E-state index contributed by atoms with van der Waals surface area (Å²) in [7, 11) is 0.